The Morgan fingerprint density at radius 2 is 1.82 bits per heavy atom. The highest BCUT2D eigenvalue weighted by Gasteiger charge is 2.33. The standard InChI is InChI=1S/C37H39FN2O9S/c1-4-48-37(44)32(42)22-31(41)26-9-5-7-23(19-26)8-6-17-47-18-16-40(50(3,45)46)30-21-33-29(20-28(30)24-10-11-24)34(36(43)39-2)35(49-33)25-12-14-27(38)15-13-25/h5,7,9,12-15,19-22,24,41H,4,6,8,10-11,16-18H2,1-3H3,(H,39,43). The summed E-state index contributed by atoms with van der Waals surface area (Å²) in [6.45, 7) is 2.11. The van der Waals surface area contributed by atoms with E-state index in [1.54, 1.807) is 31.2 Å². The Bertz CT molecular complexity index is 2030. The first-order valence-corrected chi connectivity index (χ1v) is 18.1. The lowest BCUT2D eigenvalue weighted by Gasteiger charge is -2.25. The monoisotopic (exact) mass is 706 g/mol. The molecule has 1 aromatic heterocycles. The first-order chi connectivity index (χ1) is 23.9. The van der Waals surface area contributed by atoms with Gasteiger partial charge in [-0.25, -0.2) is 17.6 Å². The van der Waals surface area contributed by atoms with E-state index in [0.717, 1.165) is 36.3 Å². The van der Waals surface area contributed by atoms with Crippen LogP contribution in [0.3, 0.4) is 0 Å². The molecule has 0 aliphatic heterocycles. The molecule has 0 spiro atoms. The molecule has 0 atom stereocenters. The molecule has 1 aliphatic carbocycles. The molecule has 0 bridgehead atoms. The van der Waals surface area contributed by atoms with Crippen molar-refractivity contribution in [2.75, 3.05) is 44.0 Å². The molecule has 0 unspecified atom stereocenters. The predicted molar refractivity (Wildman–Crippen MR) is 187 cm³/mol. The molecule has 1 amide bonds. The lowest BCUT2D eigenvalue weighted by Crippen LogP contribution is -2.34. The molecule has 0 saturated heterocycles. The summed E-state index contributed by atoms with van der Waals surface area (Å²) in [7, 11) is -2.24. The molecule has 264 valence electrons. The predicted octanol–water partition coefficient (Wildman–Crippen LogP) is 5.92. The molecule has 50 heavy (non-hydrogen) atoms. The van der Waals surface area contributed by atoms with Crippen LogP contribution in [0.2, 0.25) is 0 Å². The first-order valence-electron chi connectivity index (χ1n) is 16.3. The van der Waals surface area contributed by atoms with E-state index >= 15 is 0 Å². The van der Waals surface area contributed by atoms with E-state index in [2.05, 4.69) is 10.1 Å². The number of amides is 1. The van der Waals surface area contributed by atoms with E-state index in [4.69, 9.17) is 9.15 Å². The summed E-state index contributed by atoms with van der Waals surface area (Å²) < 4.78 is 58.0. The Morgan fingerprint density at radius 3 is 2.48 bits per heavy atom. The van der Waals surface area contributed by atoms with Gasteiger partial charge in [-0.05, 0) is 86.1 Å². The van der Waals surface area contributed by atoms with Gasteiger partial charge in [-0.2, -0.15) is 0 Å². The zero-order valence-electron chi connectivity index (χ0n) is 28.0. The second-order valence-corrected chi connectivity index (χ2v) is 13.8. The second-order valence-electron chi connectivity index (χ2n) is 11.9. The number of hydrogen-bond donors (Lipinski definition) is 2. The molecule has 2 N–H and O–H groups in total. The number of nitrogens with one attached hydrogen (secondary N) is 1. The molecule has 0 radical (unpaired) electrons. The molecule has 1 heterocycles. The normalized spacial score (nSPS) is 13.3. The zero-order valence-corrected chi connectivity index (χ0v) is 28.8. The van der Waals surface area contributed by atoms with Crippen LogP contribution in [0.15, 0.2) is 71.2 Å². The number of anilines is 1. The number of furan rings is 1. The van der Waals surface area contributed by atoms with Crippen LogP contribution >= 0.6 is 0 Å². The number of ketones is 1. The van der Waals surface area contributed by atoms with Crippen LogP contribution in [0.25, 0.3) is 28.1 Å². The third-order valence-corrected chi connectivity index (χ3v) is 9.42. The Kier molecular flexibility index (Phi) is 11.4. The number of benzene rings is 3. The van der Waals surface area contributed by atoms with Crippen molar-refractivity contribution in [1.29, 1.82) is 0 Å². The SMILES string of the molecule is CCOC(=O)C(=O)C=C(O)c1cccc(CCCOCCN(c2cc3oc(-c4ccc(F)cc4)c(C(=O)NC)c3cc2C2CC2)S(C)(=O)=O)c1. The molecule has 1 fully saturated rings. The number of rotatable bonds is 16. The Morgan fingerprint density at radius 1 is 1.08 bits per heavy atom. The third kappa shape index (κ3) is 8.58. The maximum absolute atomic E-state index is 13.7. The number of hydrogen-bond acceptors (Lipinski definition) is 9. The van der Waals surface area contributed by atoms with Crippen LogP contribution in [-0.2, 0) is 35.5 Å². The fourth-order valence-electron chi connectivity index (χ4n) is 5.69. The number of fused-ring (bicyclic) bond motifs is 1. The van der Waals surface area contributed by atoms with Crippen molar-refractivity contribution in [3.05, 3.63) is 94.8 Å². The molecular formula is C37H39FN2O9S. The Balaban J connectivity index is 1.29. The highest BCUT2D eigenvalue weighted by Crippen LogP contribution is 2.48. The topological polar surface area (TPSA) is 152 Å². The summed E-state index contributed by atoms with van der Waals surface area (Å²) in [5.41, 5.74) is 3.61. The van der Waals surface area contributed by atoms with E-state index in [0.29, 0.717) is 52.8 Å². The van der Waals surface area contributed by atoms with E-state index in [9.17, 15) is 32.3 Å². The minimum absolute atomic E-state index is 0.0422. The number of halogens is 1. The van der Waals surface area contributed by atoms with Crippen LogP contribution in [0.4, 0.5) is 10.1 Å². The van der Waals surface area contributed by atoms with Crippen molar-refractivity contribution in [2.24, 2.45) is 0 Å². The van der Waals surface area contributed by atoms with E-state index in [1.165, 1.54) is 35.6 Å². The molecule has 3 aromatic carbocycles. The summed E-state index contributed by atoms with van der Waals surface area (Å²) in [6, 6.07) is 16.0. The molecule has 4 aromatic rings. The number of aryl methyl sites for hydroxylation is 1. The summed E-state index contributed by atoms with van der Waals surface area (Å²) >= 11 is 0. The molecular weight excluding hydrogens is 667 g/mol. The fraction of sp³-hybridized carbons (Fsp3) is 0.324. The third-order valence-electron chi connectivity index (χ3n) is 8.24. The highest BCUT2D eigenvalue weighted by molar-refractivity contribution is 7.92. The van der Waals surface area contributed by atoms with Gasteiger partial charge in [-0.15, -0.1) is 0 Å². The summed E-state index contributed by atoms with van der Waals surface area (Å²) in [4.78, 5) is 36.5. The van der Waals surface area contributed by atoms with Gasteiger partial charge in [0, 0.05) is 42.3 Å². The van der Waals surface area contributed by atoms with Crippen molar-refractivity contribution >= 4 is 50.1 Å². The number of aliphatic hydroxyl groups is 1. The number of nitrogens with zero attached hydrogens (tertiary/aromatic N) is 1. The van der Waals surface area contributed by atoms with Crippen molar-refractivity contribution in [2.45, 2.75) is 38.5 Å². The maximum atomic E-state index is 13.7. The average molecular weight is 707 g/mol. The molecule has 13 heteroatoms. The van der Waals surface area contributed by atoms with Crippen LogP contribution in [0.5, 0.6) is 0 Å². The smallest absolute Gasteiger partial charge is 0.379 e. The Labute approximate surface area is 289 Å². The van der Waals surface area contributed by atoms with Gasteiger partial charge >= 0.3 is 5.97 Å². The molecule has 5 rings (SSSR count). The van der Waals surface area contributed by atoms with Gasteiger partial charge in [0.25, 0.3) is 11.7 Å². The van der Waals surface area contributed by atoms with E-state index < -0.39 is 27.6 Å². The number of carbonyl (C=O) groups excluding carboxylic acids is 3. The van der Waals surface area contributed by atoms with Crippen molar-refractivity contribution in [3.8, 4) is 11.3 Å². The van der Waals surface area contributed by atoms with E-state index in [1.807, 2.05) is 12.1 Å². The zero-order chi connectivity index (χ0) is 36.0. The van der Waals surface area contributed by atoms with E-state index in [-0.39, 0.29) is 43.1 Å². The van der Waals surface area contributed by atoms with Crippen LogP contribution in [0.1, 0.15) is 59.2 Å². The number of carbonyl (C=O) groups is 3. The van der Waals surface area contributed by atoms with Crippen molar-refractivity contribution in [1.82, 2.24) is 5.32 Å². The molecule has 11 nitrogen and oxygen atoms in total. The fourth-order valence-corrected chi connectivity index (χ4v) is 6.61. The van der Waals surface area contributed by atoms with Crippen LogP contribution < -0.4 is 9.62 Å². The second kappa shape index (κ2) is 15.7. The minimum Gasteiger partial charge on any atom is -0.507 e. The highest BCUT2D eigenvalue weighted by atomic mass is 32.2. The van der Waals surface area contributed by atoms with Gasteiger partial charge in [0.2, 0.25) is 10.0 Å². The number of aliphatic hydroxyl groups excluding tert-OH is 1. The summed E-state index contributed by atoms with van der Waals surface area (Å²) in [6.07, 6.45) is 4.88. The first kappa shape index (κ1) is 36.3. The number of esters is 1. The van der Waals surface area contributed by atoms with Gasteiger partial charge < -0.3 is 24.3 Å². The number of sulfonamides is 1. The lowest BCUT2D eigenvalue weighted by atomic mass is 10.0. The maximum Gasteiger partial charge on any atom is 0.379 e. The minimum atomic E-state index is -3.75. The molecule has 1 aliphatic rings. The quantitative estimate of drug-likeness (QED) is 0.0475. The lowest BCUT2D eigenvalue weighted by molar-refractivity contribution is -0.151. The van der Waals surface area contributed by atoms with Gasteiger partial charge in [0.05, 0.1) is 37.3 Å². The number of ether oxygens (including phenoxy) is 2. The Hall–Kier alpha value is -5.01. The van der Waals surface area contributed by atoms with Crippen LogP contribution in [0, 0.1) is 5.82 Å². The van der Waals surface area contributed by atoms with Gasteiger partial charge in [-0.1, -0.05) is 18.2 Å². The van der Waals surface area contributed by atoms with Crippen LogP contribution in [-0.4, -0.2) is 70.9 Å². The van der Waals surface area contributed by atoms with Gasteiger partial charge in [0.1, 0.15) is 22.9 Å². The van der Waals surface area contributed by atoms with Crippen molar-refractivity contribution < 1.29 is 46.2 Å². The largest absolute Gasteiger partial charge is 0.507 e. The summed E-state index contributed by atoms with van der Waals surface area (Å²) in [5, 5.41) is 13.5. The summed E-state index contributed by atoms with van der Waals surface area (Å²) in [5.74, 6) is -2.78. The van der Waals surface area contributed by atoms with Crippen molar-refractivity contribution in [3.63, 3.8) is 0 Å². The van der Waals surface area contributed by atoms with Gasteiger partial charge in [-0.3, -0.25) is 13.9 Å². The average Bonchev–Trinajstić information content (AvgIpc) is 3.87. The van der Waals surface area contributed by atoms with Gasteiger partial charge in [0.15, 0.2) is 0 Å². The molecule has 1 saturated carbocycles.